The van der Waals surface area contributed by atoms with E-state index in [4.69, 9.17) is 4.74 Å². The average molecular weight is 363 g/mol. The minimum Gasteiger partial charge on any atom is -1.00 e. The molecule has 0 aliphatic rings. The van der Waals surface area contributed by atoms with Gasteiger partial charge in [-0.1, -0.05) is 83.8 Å². The van der Waals surface area contributed by atoms with Crippen LogP contribution in [0.1, 0.15) is 118 Å². The van der Waals surface area contributed by atoms with Gasteiger partial charge < -0.3 is 6.16 Å². The third kappa shape index (κ3) is 24.2. The van der Waals surface area contributed by atoms with E-state index >= 15 is 0 Å². The Labute approximate surface area is 181 Å². The summed E-state index contributed by atoms with van der Waals surface area (Å²) in [6, 6.07) is 0. The van der Waals surface area contributed by atoms with Crippen molar-refractivity contribution in [1.82, 2.24) is 0 Å². The van der Waals surface area contributed by atoms with Crippen molar-refractivity contribution in [3.05, 3.63) is 12.2 Å². The van der Waals surface area contributed by atoms with Gasteiger partial charge in [0.15, 0.2) is 0 Å². The van der Waals surface area contributed by atoms with Crippen molar-refractivity contribution in [2.24, 2.45) is 0 Å². The second kappa shape index (κ2) is 24.2. The summed E-state index contributed by atoms with van der Waals surface area (Å²) >= 11 is 0. The smallest absolute Gasteiger partial charge is 1.00 e. The predicted octanol–water partition coefficient (Wildman–Crippen LogP) is 4.48. The third-order valence-electron chi connectivity index (χ3n) is 4.40. The molecule has 0 saturated heterocycles. The molecule has 0 aromatic carbocycles. The fourth-order valence-electron chi connectivity index (χ4n) is 2.74. The van der Waals surface area contributed by atoms with Crippen molar-refractivity contribution in [3.8, 4) is 0 Å². The fraction of sp³-hybridized carbons (Fsp3) is 0.864. The molecule has 0 unspecified atom stereocenters. The van der Waals surface area contributed by atoms with Gasteiger partial charge in [-0.2, -0.15) is 0 Å². The number of rotatable bonds is 18. The Morgan fingerprint density at radius 3 is 1.76 bits per heavy atom. The number of hydrogen-bond donors (Lipinski definition) is 0. The second-order valence-corrected chi connectivity index (χ2v) is 6.91. The first kappa shape index (κ1) is 27.4. The van der Waals surface area contributed by atoms with Gasteiger partial charge in [0, 0.05) is 6.42 Å². The summed E-state index contributed by atoms with van der Waals surface area (Å²) in [4.78, 5) is 11.4. The van der Waals surface area contributed by atoms with Crippen molar-refractivity contribution in [1.29, 1.82) is 0 Å². The number of unbranched alkanes of at least 4 members (excludes halogenated alkanes) is 12. The normalized spacial score (nSPS) is 10.8. The van der Waals surface area contributed by atoms with Gasteiger partial charge in [-0.15, -0.1) is 0 Å². The zero-order valence-electron chi connectivity index (χ0n) is 18.5. The van der Waals surface area contributed by atoms with Crippen LogP contribution in [0.3, 0.4) is 0 Å². The first-order valence-corrected chi connectivity index (χ1v) is 10.6. The number of hydrogen-bond acceptors (Lipinski definition) is 2. The molecule has 0 amide bonds. The molecule has 0 heterocycles. The van der Waals surface area contributed by atoms with Crippen LogP contribution < -0.4 is 29.6 Å². The molecule has 0 aliphatic heterocycles. The summed E-state index contributed by atoms with van der Waals surface area (Å²) in [5, 5.41) is 0. The van der Waals surface area contributed by atoms with Gasteiger partial charge in [-0.3, -0.25) is 4.79 Å². The second-order valence-electron chi connectivity index (χ2n) is 6.91. The summed E-state index contributed by atoms with van der Waals surface area (Å²) in [7, 11) is 0. The van der Waals surface area contributed by atoms with E-state index in [9.17, 15) is 4.79 Å². The van der Waals surface area contributed by atoms with Crippen molar-refractivity contribution in [2.75, 3.05) is 6.61 Å². The Balaban J connectivity index is -0.00000264. The molecule has 25 heavy (non-hydrogen) atoms. The molecule has 0 radical (unpaired) electrons. The first-order chi connectivity index (χ1) is 11.8. The fourth-order valence-corrected chi connectivity index (χ4v) is 2.74. The van der Waals surface area contributed by atoms with E-state index in [0.29, 0.717) is 13.0 Å². The van der Waals surface area contributed by atoms with Gasteiger partial charge in [0.1, 0.15) is 0 Å². The molecule has 0 saturated carbocycles. The van der Waals surface area contributed by atoms with E-state index in [0.717, 1.165) is 25.7 Å². The van der Waals surface area contributed by atoms with Crippen LogP contribution in [-0.2, 0) is 9.53 Å². The van der Waals surface area contributed by atoms with E-state index in [1.54, 1.807) is 0 Å². The Morgan fingerprint density at radius 1 is 0.720 bits per heavy atom. The zero-order chi connectivity index (χ0) is 17.7. The summed E-state index contributed by atoms with van der Waals surface area (Å²) in [5.74, 6) is -0.0129. The van der Waals surface area contributed by atoms with E-state index in [1.807, 2.05) is 0 Å². The topological polar surface area (TPSA) is 26.3 Å². The first-order valence-electron chi connectivity index (χ1n) is 10.6. The number of carbonyl (C=O) groups excluding carboxylic acids is 1. The number of esters is 1. The number of ether oxygens (including phenoxy) is 1. The zero-order valence-corrected chi connectivity index (χ0v) is 19.5. The van der Waals surface area contributed by atoms with Gasteiger partial charge in [0.2, 0.25) is 0 Å². The van der Waals surface area contributed by atoms with Crippen LogP contribution in [0.5, 0.6) is 0 Å². The van der Waals surface area contributed by atoms with Crippen LogP contribution >= 0.6 is 0 Å². The van der Waals surface area contributed by atoms with Gasteiger partial charge >= 0.3 is 35.5 Å². The molecule has 0 aliphatic carbocycles. The molecule has 0 bridgehead atoms. The van der Waals surface area contributed by atoms with E-state index in [1.165, 1.54) is 70.6 Å². The van der Waals surface area contributed by atoms with Gasteiger partial charge in [0.25, 0.3) is 0 Å². The standard InChI is InChI=1S/C22H42O2.Na.H/c1-3-5-7-8-9-10-11-12-13-14-15-16-17-18-19-20-22(23)24-21-6-4-2;;/h12-13H,3-11,14-21H2,1-2H3;;/q;+1;-1/b13-12-;;. The molecule has 2 nitrogen and oxygen atoms in total. The monoisotopic (exact) mass is 362 g/mol. The predicted molar refractivity (Wildman–Crippen MR) is 106 cm³/mol. The third-order valence-corrected chi connectivity index (χ3v) is 4.40. The van der Waals surface area contributed by atoms with Crippen molar-refractivity contribution in [2.45, 2.75) is 117 Å². The molecule has 0 rings (SSSR count). The molecule has 0 fully saturated rings. The summed E-state index contributed by atoms with van der Waals surface area (Å²) in [6.45, 7) is 4.98. The Morgan fingerprint density at radius 2 is 1.20 bits per heavy atom. The van der Waals surface area contributed by atoms with Crippen LogP contribution in [0.2, 0.25) is 0 Å². The maximum absolute atomic E-state index is 11.4. The molecule has 0 aromatic rings. The van der Waals surface area contributed by atoms with Crippen molar-refractivity contribution < 1.29 is 40.5 Å². The van der Waals surface area contributed by atoms with Gasteiger partial charge in [0.05, 0.1) is 6.61 Å². The van der Waals surface area contributed by atoms with E-state index in [2.05, 4.69) is 26.0 Å². The Hall–Kier alpha value is 0.210. The minimum absolute atomic E-state index is 0. The van der Waals surface area contributed by atoms with Crippen LogP contribution in [0.25, 0.3) is 0 Å². The SMILES string of the molecule is CCCCCCCC/C=C\CCCCCCCC(=O)OCCCC.[H-].[Na+]. The molecule has 0 atom stereocenters. The summed E-state index contributed by atoms with van der Waals surface area (Å²) in [6.07, 6.45) is 24.1. The molecule has 144 valence electrons. The Bertz CT molecular complexity index is 296. The summed E-state index contributed by atoms with van der Waals surface area (Å²) in [5.41, 5.74) is 0. The van der Waals surface area contributed by atoms with Crippen molar-refractivity contribution >= 4 is 5.97 Å². The Kier molecular flexibility index (Phi) is 26.6. The minimum atomic E-state index is -0.0129. The van der Waals surface area contributed by atoms with Gasteiger partial charge in [-0.25, -0.2) is 0 Å². The maximum atomic E-state index is 11.4. The van der Waals surface area contributed by atoms with Crippen LogP contribution in [0.15, 0.2) is 12.2 Å². The number of carbonyl (C=O) groups is 1. The largest absolute Gasteiger partial charge is 1.00 e. The van der Waals surface area contributed by atoms with Crippen LogP contribution in [-0.4, -0.2) is 12.6 Å². The van der Waals surface area contributed by atoms with E-state index in [-0.39, 0.29) is 37.0 Å². The number of allylic oxidation sites excluding steroid dienone is 2. The molecular formula is C22H43NaO2. The molecule has 0 spiro atoms. The van der Waals surface area contributed by atoms with Crippen molar-refractivity contribution in [3.63, 3.8) is 0 Å². The molecule has 0 N–H and O–H groups in total. The summed E-state index contributed by atoms with van der Waals surface area (Å²) < 4.78 is 5.15. The van der Waals surface area contributed by atoms with Crippen LogP contribution in [0.4, 0.5) is 0 Å². The maximum Gasteiger partial charge on any atom is 1.00 e. The molecule has 3 heteroatoms. The van der Waals surface area contributed by atoms with Crippen LogP contribution in [0, 0.1) is 0 Å². The van der Waals surface area contributed by atoms with Gasteiger partial charge in [-0.05, 0) is 38.5 Å². The average Bonchev–Trinajstić information content (AvgIpc) is 2.58. The van der Waals surface area contributed by atoms with E-state index < -0.39 is 0 Å². The quantitative estimate of drug-likeness (QED) is 0.155. The molecular weight excluding hydrogens is 319 g/mol. The molecule has 0 aromatic heterocycles.